The molecule has 1 amide bonds. The lowest BCUT2D eigenvalue weighted by Gasteiger charge is -2.12. The zero-order valence-corrected chi connectivity index (χ0v) is 33.0. The summed E-state index contributed by atoms with van der Waals surface area (Å²) >= 11 is 6.27. The second-order valence-corrected chi connectivity index (χ2v) is 14.4. The predicted octanol–water partition coefficient (Wildman–Crippen LogP) is 12.9. The fourth-order valence-electron chi connectivity index (χ4n) is 7.21. The van der Waals surface area contributed by atoms with Gasteiger partial charge >= 0.3 is 0 Å². The van der Waals surface area contributed by atoms with Crippen molar-refractivity contribution in [2.24, 2.45) is 20.5 Å². The molecule has 12 nitrogen and oxygen atoms in total. The Balaban J connectivity index is 0.964. The molecule has 0 fully saturated rings. The third-order valence-electron chi connectivity index (χ3n) is 10.2. The minimum atomic E-state index is -0.574. The number of ketones is 1. The molecule has 0 heterocycles. The van der Waals surface area contributed by atoms with Crippen molar-refractivity contribution in [3.63, 3.8) is 0 Å². The molecule has 8 aromatic carbocycles. The quantitative estimate of drug-likeness (QED) is 0.0744. The average Bonchev–Trinajstić information content (AvgIpc) is 3.56. The second kappa shape index (κ2) is 16.4. The first kappa shape index (κ1) is 38.6. The molecule has 0 aliphatic heterocycles. The van der Waals surface area contributed by atoms with Gasteiger partial charge < -0.3 is 20.3 Å². The van der Waals surface area contributed by atoms with Gasteiger partial charge in [0, 0.05) is 33.5 Å². The SMILES string of the molecule is COc1cccc(NOCc2cc3ccccc3c(N=Nc3ccc4c(c3)C(=O)c3cc(N=Nc5c(O)c(C(=O)Nc6ccccc6Cl)cc6ccccc56)ccc3-4)c2O)c1. The van der Waals surface area contributed by atoms with E-state index in [1.807, 2.05) is 60.7 Å². The molecule has 298 valence electrons. The zero-order chi connectivity index (χ0) is 42.0. The van der Waals surface area contributed by atoms with Crippen molar-refractivity contribution in [1.82, 2.24) is 0 Å². The van der Waals surface area contributed by atoms with Crippen LogP contribution >= 0.6 is 11.6 Å². The summed E-state index contributed by atoms with van der Waals surface area (Å²) in [5, 5.41) is 46.4. The topological polar surface area (TPSA) is 167 Å². The first-order valence-electron chi connectivity index (χ1n) is 19.0. The highest BCUT2D eigenvalue weighted by Gasteiger charge is 2.28. The molecule has 61 heavy (non-hydrogen) atoms. The Morgan fingerprint density at radius 3 is 1.90 bits per heavy atom. The Bertz CT molecular complexity index is 3130. The Morgan fingerprint density at radius 2 is 1.25 bits per heavy atom. The molecule has 9 rings (SSSR count). The molecule has 0 aromatic heterocycles. The number of aromatic hydroxyl groups is 2. The van der Waals surface area contributed by atoms with E-state index < -0.39 is 5.91 Å². The van der Waals surface area contributed by atoms with Crippen LogP contribution in [0.3, 0.4) is 0 Å². The summed E-state index contributed by atoms with van der Waals surface area (Å²) in [5.74, 6) is -0.588. The molecule has 0 saturated carbocycles. The Hall–Kier alpha value is -7.93. The number of carbonyl (C=O) groups excluding carboxylic acids is 2. The van der Waals surface area contributed by atoms with Gasteiger partial charge in [-0.25, -0.2) is 0 Å². The van der Waals surface area contributed by atoms with Crippen LogP contribution < -0.4 is 15.5 Å². The number of nitrogens with zero attached hydrogens (tertiary/aromatic N) is 4. The van der Waals surface area contributed by atoms with Crippen molar-refractivity contribution in [2.45, 2.75) is 6.61 Å². The van der Waals surface area contributed by atoms with E-state index in [1.54, 1.807) is 92.0 Å². The van der Waals surface area contributed by atoms with Crippen LogP contribution in [-0.2, 0) is 11.4 Å². The molecule has 0 saturated heterocycles. The summed E-state index contributed by atoms with van der Waals surface area (Å²) in [6.07, 6.45) is 0. The van der Waals surface area contributed by atoms with Crippen molar-refractivity contribution in [3.8, 4) is 28.4 Å². The highest BCUT2D eigenvalue weighted by molar-refractivity contribution is 6.34. The number of carbonyl (C=O) groups is 2. The number of hydrogen-bond acceptors (Lipinski definition) is 11. The van der Waals surface area contributed by atoms with E-state index in [1.165, 1.54) is 0 Å². The summed E-state index contributed by atoms with van der Waals surface area (Å²) in [7, 11) is 1.58. The number of fused-ring (bicyclic) bond motifs is 5. The summed E-state index contributed by atoms with van der Waals surface area (Å²) in [4.78, 5) is 33.0. The largest absolute Gasteiger partial charge is 0.505 e. The minimum absolute atomic E-state index is 0.0111. The molecular formula is C48H33ClN6O6. The Kier molecular flexibility index (Phi) is 10.4. The normalized spacial score (nSPS) is 12.0. The Labute approximate surface area is 353 Å². The van der Waals surface area contributed by atoms with Crippen LogP contribution in [0.15, 0.2) is 166 Å². The van der Waals surface area contributed by atoms with Crippen molar-refractivity contribution in [3.05, 3.63) is 173 Å². The van der Waals surface area contributed by atoms with Crippen molar-refractivity contribution in [2.75, 3.05) is 17.9 Å². The fraction of sp³-hybridized carbons (Fsp3) is 0.0417. The molecule has 0 unspecified atom stereocenters. The van der Waals surface area contributed by atoms with E-state index in [-0.39, 0.29) is 40.8 Å². The van der Waals surface area contributed by atoms with Gasteiger partial charge in [0.05, 0.1) is 40.4 Å². The number of methoxy groups -OCH3 is 1. The van der Waals surface area contributed by atoms with Gasteiger partial charge in [-0.15, -0.1) is 10.2 Å². The summed E-state index contributed by atoms with van der Waals surface area (Å²) < 4.78 is 5.27. The number of ether oxygens (including phenoxy) is 1. The number of hydrogen-bond donors (Lipinski definition) is 4. The monoisotopic (exact) mass is 824 g/mol. The number of phenols is 2. The van der Waals surface area contributed by atoms with Crippen LogP contribution in [0.2, 0.25) is 5.02 Å². The third kappa shape index (κ3) is 7.60. The number of nitrogens with one attached hydrogen (secondary N) is 2. The zero-order valence-electron chi connectivity index (χ0n) is 32.3. The van der Waals surface area contributed by atoms with E-state index in [9.17, 15) is 19.8 Å². The number of para-hydroxylation sites is 1. The number of anilines is 2. The summed E-state index contributed by atoms with van der Waals surface area (Å²) in [5.41, 5.74) is 7.84. The Morgan fingerprint density at radius 1 is 0.639 bits per heavy atom. The first-order chi connectivity index (χ1) is 29.7. The molecule has 0 radical (unpaired) electrons. The lowest BCUT2D eigenvalue weighted by molar-refractivity contribution is 0.102. The van der Waals surface area contributed by atoms with Crippen LogP contribution in [0.4, 0.5) is 34.1 Å². The molecule has 0 bridgehead atoms. The molecule has 0 spiro atoms. The predicted molar refractivity (Wildman–Crippen MR) is 236 cm³/mol. The molecule has 0 atom stereocenters. The van der Waals surface area contributed by atoms with Gasteiger partial charge in [-0.1, -0.05) is 90.5 Å². The van der Waals surface area contributed by atoms with Crippen molar-refractivity contribution in [1.29, 1.82) is 0 Å². The smallest absolute Gasteiger partial charge is 0.259 e. The van der Waals surface area contributed by atoms with Gasteiger partial charge in [-0.3, -0.25) is 19.9 Å². The van der Waals surface area contributed by atoms with Gasteiger partial charge in [0.25, 0.3) is 5.91 Å². The molecular weight excluding hydrogens is 792 g/mol. The van der Waals surface area contributed by atoms with Gasteiger partial charge in [-0.05, 0) is 82.6 Å². The summed E-state index contributed by atoms with van der Waals surface area (Å²) in [6.45, 7) is 0.0231. The maximum Gasteiger partial charge on any atom is 0.259 e. The minimum Gasteiger partial charge on any atom is -0.505 e. The van der Waals surface area contributed by atoms with Crippen LogP contribution in [0, 0.1) is 0 Å². The maximum atomic E-state index is 13.9. The highest BCUT2D eigenvalue weighted by atomic mass is 35.5. The lowest BCUT2D eigenvalue weighted by Crippen LogP contribution is -2.12. The first-order valence-corrected chi connectivity index (χ1v) is 19.4. The van der Waals surface area contributed by atoms with Gasteiger partial charge in [0.15, 0.2) is 11.5 Å². The molecule has 1 aliphatic carbocycles. The van der Waals surface area contributed by atoms with E-state index in [2.05, 4.69) is 31.3 Å². The third-order valence-corrected chi connectivity index (χ3v) is 10.6. The number of halogens is 1. The molecule has 4 N–H and O–H groups in total. The standard InChI is InChI=1S/C48H33ClN6O6/c1-60-33-12-8-11-32(23-33)55-61-26-29-21-27-9-2-4-13-34(27)43(45(29)56)53-51-30-17-19-36-37-20-18-31(25-39(37)46(57)38(36)24-30)52-54-44-35-14-5-3-10-28(35)22-40(47(44)58)48(59)50-42-16-7-6-15-41(42)49/h2-25,55-56,58H,26H2,1H3,(H,50,59). The van der Waals surface area contributed by atoms with E-state index in [0.717, 1.165) is 10.9 Å². The second-order valence-electron chi connectivity index (χ2n) is 14.0. The van der Waals surface area contributed by atoms with Crippen molar-refractivity contribution >= 4 is 79.0 Å². The number of azo groups is 2. The highest BCUT2D eigenvalue weighted by Crippen LogP contribution is 2.44. The van der Waals surface area contributed by atoms with Gasteiger partial charge in [-0.2, -0.15) is 10.2 Å². The number of amides is 1. The van der Waals surface area contributed by atoms with Gasteiger partial charge in [0.1, 0.15) is 29.5 Å². The molecule has 13 heteroatoms. The van der Waals surface area contributed by atoms with Gasteiger partial charge in [0.2, 0.25) is 0 Å². The van der Waals surface area contributed by atoms with E-state index in [0.29, 0.717) is 71.9 Å². The van der Waals surface area contributed by atoms with Crippen LogP contribution in [0.1, 0.15) is 31.8 Å². The van der Waals surface area contributed by atoms with Crippen molar-refractivity contribution < 1.29 is 29.4 Å². The lowest BCUT2D eigenvalue weighted by atomic mass is 10.0. The number of rotatable bonds is 11. The molecule has 1 aliphatic rings. The molecule has 8 aromatic rings. The number of phenolic OH excluding ortho intramolecular Hbond substituents is 2. The summed E-state index contributed by atoms with van der Waals surface area (Å²) in [6, 6.07) is 42.6. The van der Waals surface area contributed by atoms with Crippen LogP contribution in [-0.4, -0.2) is 29.0 Å². The van der Waals surface area contributed by atoms with E-state index >= 15 is 0 Å². The number of benzene rings is 8. The fourth-order valence-corrected chi connectivity index (χ4v) is 7.39. The van der Waals surface area contributed by atoms with Crippen LogP contribution in [0.25, 0.3) is 32.7 Å². The average molecular weight is 825 g/mol. The van der Waals surface area contributed by atoms with E-state index in [4.69, 9.17) is 21.2 Å². The maximum absolute atomic E-state index is 13.9. The van der Waals surface area contributed by atoms with Crippen LogP contribution in [0.5, 0.6) is 17.2 Å².